The van der Waals surface area contributed by atoms with Crippen molar-refractivity contribution in [3.05, 3.63) is 228 Å². The standard InChI is InChI=1S/C58H47N3/c1-57(2)51-35-44(59(42-27-23-40(24-28-42)38-15-7-5-8-16-38)43-29-25-41(26-30-43)39-17-9-6-10-18-39)31-33-46(51)47-34-32-45(36-52(47)57)60-53-21-13-11-19-48(53)49-37-55-58(3,4)50-20-12-14-22-54(50)61(55)56(49)60/h5-25,27-37,41H,26H2,1-4H3. The van der Waals surface area contributed by atoms with Gasteiger partial charge < -0.3 is 4.90 Å². The molecule has 3 nitrogen and oxygen atoms in total. The Hall–Kier alpha value is -7.10. The van der Waals surface area contributed by atoms with Crippen LogP contribution in [0.25, 0.3) is 55.6 Å². The number of rotatable bonds is 6. The number of fused-ring (bicyclic) bond motifs is 10. The van der Waals surface area contributed by atoms with Crippen molar-refractivity contribution < 1.29 is 0 Å². The Balaban J connectivity index is 0.970. The van der Waals surface area contributed by atoms with Crippen LogP contribution in [0.1, 0.15) is 68.0 Å². The van der Waals surface area contributed by atoms with Gasteiger partial charge in [0.25, 0.3) is 0 Å². The first-order chi connectivity index (χ1) is 29.8. The maximum absolute atomic E-state index is 2.53. The van der Waals surface area contributed by atoms with Crippen LogP contribution in [0, 0.1) is 0 Å². The number of hydrogen-bond acceptors (Lipinski definition) is 1. The SMILES string of the molecule is CC1(C)c2cc(N(C3=CCC(c4ccccc4)C=C3)c3ccc(-c4ccccc4)cc3)ccc2-c2ccc(-n3c4ccccc4c4cc5n(c43)-c3ccccc3C5(C)C)cc21. The van der Waals surface area contributed by atoms with E-state index in [2.05, 4.69) is 236 Å². The van der Waals surface area contributed by atoms with Gasteiger partial charge >= 0.3 is 0 Å². The summed E-state index contributed by atoms with van der Waals surface area (Å²) in [7, 11) is 0. The molecule has 0 saturated heterocycles. The monoisotopic (exact) mass is 785 g/mol. The minimum absolute atomic E-state index is 0.0916. The Bertz CT molecular complexity index is 3260. The molecule has 2 aliphatic carbocycles. The zero-order valence-electron chi connectivity index (χ0n) is 35.1. The van der Waals surface area contributed by atoms with Crippen LogP contribution in [0.3, 0.4) is 0 Å². The predicted octanol–water partition coefficient (Wildman–Crippen LogP) is 15.0. The molecule has 3 aliphatic rings. The molecule has 0 amide bonds. The largest absolute Gasteiger partial charge is 0.311 e. The summed E-state index contributed by atoms with van der Waals surface area (Å²) in [4.78, 5) is 2.45. The van der Waals surface area contributed by atoms with Gasteiger partial charge in [0.05, 0.1) is 11.2 Å². The first kappa shape index (κ1) is 35.8. The summed E-state index contributed by atoms with van der Waals surface area (Å²) in [6.07, 6.45) is 8.08. The maximum Gasteiger partial charge on any atom is 0.130 e. The van der Waals surface area contributed by atoms with Gasteiger partial charge in [0.15, 0.2) is 0 Å². The highest BCUT2D eigenvalue weighted by atomic mass is 15.2. The molecule has 2 aromatic heterocycles. The number of allylic oxidation sites excluding steroid dienone is 3. The van der Waals surface area contributed by atoms with Crippen LogP contribution >= 0.6 is 0 Å². The fourth-order valence-corrected chi connectivity index (χ4v) is 10.8. The number of anilines is 2. The molecule has 1 atom stereocenters. The maximum atomic E-state index is 2.53. The molecular formula is C58H47N3. The number of benzene rings is 7. The van der Waals surface area contributed by atoms with E-state index in [1.807, 2.05) is 0 Å². The lowest BCUT2D eigenvalue weighted by Gasteiger charge is -2.31. The van der Waals surface area contributed by atoms with Gasteiger partial charge in [-0.2, -0.15) is 0 Å². The molecular weight excluding hydrogens is 739 g/mol. The van der Waals surface area contributed by atoms with Crippen LogP contribution in [0.5, 0.6) is 0 Å². The zero-order chi connectivity index (χ0) is 41.0. The van der Waals surface area contributed by atoms with E-state index in [1.165, 1.54) is 94.9 Å². The van der Waals surface area contributed by atoms with E-state index in [4.69, 9.17) is 0 Å². The zero-order valence-corrected chi connectivity index (χ0v) is 35.1. The average Bonchev–Trinajstić information content (AvgIpc) is 3.98. The first-order valence-electron chi connectivity index (χ1n) is 21.7. The van der Waals surface area contributed by atoms with Gasteiger partial charge in [0.1, 0.15) is 5.65 Å². The molecule has 0 saturated carbocycles. The molecule has 3 heterocycles. The van der Waals surface area contributed by atoms with Crippen molar-refractivity contribution in [3.63, 3.8) is 0 Å². The molecule has 0 radical (unpaired) electrons. The average molecular weight is 786 g/mol. The van der Waals surface area contributed by atoms with E-state index in [-0.39, 0.29) is 10.8 Å². The van der Waals surface area contributed by atoms with Crippen LogP contribution in [-0.2, 0) is 10.8 Å². The molecule has 294 valence electrons. The minimum Gasteiger partial charge on any atom is -0.311 e. The topological polar surface area (TPSA) is 13.1 Å². The molecule has 9 aromatic rings. The Morgan fingerprint density at radius 2 is 1.18 bits per heavy atom. The lowest BCUT2D eigenvalue weighted by Crippen LogP contribution is -2.19. The molecule has 61 heavy (non-hydrogen) atoms. The number of nitrogens with zero attached hydrogens (tertiary/aromatic N) is 3. The third kappa shape index (κ3) is 5.29. The second-order valence-corrected chi connectivity index (χ2v) is 18.2. The third-order valence-electron chi connectivity index (χ3n) is 14.0. The van der Waals surface area contributed by atoms with Crippen LogP contribution in [-0.4, -0.2) is 9.13 Å². The Morgan fingerprint density at radius 1 is 0.525 bits per heavy atom. The van der Waals surface area contributed by atoms with Crippen molar-refractivity contribution in [2.24, 2.45) is 0 Å². The van der Waals surface area contributed by atoms with Gasteiger partial charge in [-0.1, -0.05) is 161 Å². The van der Waals surface area contributed by atoms with Gasteiger partial charge in [0.2, 0.25) is 0 Å². The number of aromatic nitrogens is 2. The van der Waals surface area contributed by atoms with Crippen LogP contribution in [0.4, 0.5) is 11.4 Å². The highest BCUT2D eigenvalue weighted by molar-refractivity contribution is 6.10. The summed E-state index contributed by atoms with van der Waals surface area (Å²) in [5.74, 6) is 0.364. The molecule has 0 fully saturated rings. The Morgan fingerprint density at radius 3 is 1.95 bits per heavy atom. The van der Waals surface area contributed by atoms with Crippen molar-refractivity contribution >= 4 is 33.3 Å². The van der Waals surface area contributed by atoms with Gasteiger partial charge in [0, 0.05) is 56.0 Å². The quantitative estimate of drug-likeness (QED) is 0.164. The fourth-order valence-electron chi connectivity index (χ4n) is 10.8. The van der Waals surface area contributed by atoms with Crippen molar-refractivity contribution in [2.45, 2.75) is 50.9 Å². The Labute approximate surface area is 358 Å². The molecule has 7 aromatic carbocycles. The van der Waals surface area contributed by atoms with Crippen LogP contribution < -0.4 is 4.90 Å². The van der Waals surface area contributed by atoms with Crippen molar-refractivity contribution in [2.75, 3.05) is 4.90 Å². The highest BCUT2D eigenvalue weighted by Crippen LogP contribution is 2.53. The molecule has 1 unspecified atom stereocenters. The minimum atomic E-state index is -0.230. The van der Waals surface area contributed by atoms with E-state index < -0.39 is 0 Å². The number of para-hydroxylation sites is 2. The van der Waals surface area contributed by atoms with Gasteiger partial charge in [-0.3, -0.25) is 9.13 Å². The lowest BCUT2D eigenvalue weighted by atomic mass is 9.82. The molecule has 0 spiro atoms. The van der Waals surface area contributed by atoms with Gasteiger partial charge in [-0.15, -0.1) is 0 Å². The summed E-state index contributed by atoms with van der Waals surface area (Å²) < 4.78 is 5.05. The van der Waals surface area contributed by atoms with Crippen molar-refractivity contribution in [1.82, 2.24) is 9.13 Å². The van der Waals surface area contributed by atoms with E-state index in [9.17, 15) is 0 Å². The molecule has 12 rings (SSSR count). The second kappa shape index (κ2) is 13.2. The summed E-state index contributed by atoms with van der Waals surface area (Å²) >= 11 is 0. The molecule has 0 N–H and O–H groups in total. The third-order valence-corrected chi connectivity index (χ3v) is 14.0. The first-order valence-corrected chi connectivity index (χ1v) is 21.7. The summed E-state index contributed by atoms with van der Waals surface area (Å²) in [5.41, 5.74) is 20.0. The normalized spacial score (nSPS) is 16.6. The summed E-state index contributed by atoms with van der Waals surface area (Å²) in [5, 5.41) is 2.59. The van der Waals surface area contributed by atoms with Crippen LogP contribution in [0.15, 0.2) is 200 Å². The van der Waals surface area contributed by atoms with Crippen molar-refractivity contribution in [1.29, 1.82) is 0 Å². The highest BCUT2D eigenvalue weighted by Gasteiger charge is 2.40. The van der Waals surface area contributed by atoms with E-state index >= 15 is 0 Å². The molecule has 3 heteroatoms. The van der Waals surface area contributed by atoms with Crippen molar-refractivity contribution in [3.8, 4) is 33.6 Å². The Kier molecular flexibility index (Phi) is 7.75. The van der Waals surface area contributed by atoms with Gasteiger partial charge in [-0.25, -0.2) is 0 Å². The summed E-state index contributed by atoms with van der Waals surface area (Å²) in [6.45, 7) is 9.54. The lowest BCUT2D eigenvalue weighted by molar-refractivity contribution is 0.644. The summed E-state index contributed by atoms with van der Waals surface area (Å²) in [6, 6.07) is 65.3. The van der Waals surface area contributed by atoms with E-state index in [1.54, 1.807) is 0 Å². The second-order valence-electron chi connectivity index (χ2n) is 18.2. The molecule has 0 bridgehead atoms. The predicted molar refractivity (Wildman–Crippen MR) is 255 cm³/mol. The van der Waals surface area contributed by atoms with Gasteiger partial charge in [-0.05, 0) is 112 Å². The van der Waals surface area contributed by atoms with E-state index in [0.29, 0.717) is 5.92 Å². The van der Waals surface area contributed by atoms with Crippen LogP contribution in [0.2, 0.25) is 0 Å². The number of hydrogen-bond donors (Lipinski definition) is 0. The van der Waals surface area contributed by atoms with E-state index in [0.717, 1.165) is 12.1 Å². The smallest absolute Gasteiger partial charge is 0.130 e. The fraction of sp³-hybridized carbons (Fsp3) is 0.138. The molecule has 1 aliphatic heterocycles.